The SMILES string of the molecule is c1ccc(-c2ccccc2N(c2ccc(-c3cccc4c3sc3ccccc34)cc2)c2ccc3c(c2)oc2c4ccccc4ccc32)cc1. The van der Waals surface area contributed by atoms with E-state index in [9.17, 15) is 0 Å². The zero-order valence-corrected chi connectivity index (χ0v) is 27.3. The second-order valence-electron chi connectivity index (χ2n) is 12.5. The summed E-state index contributed by atoms with van der Waals surface area (Å²) in [7, 11) is 0. The van der Waals surface area contributed by atoms with Crippen molar-refractivity contribution in [2.75, 3.05) is 4.90 Å². The topological polar surface area (TPSA) is 16.4 Å². The highest BCUT2D eigenvalue weighted by Gasteiger charge is 2.20. The van der Waals surface area contributed by atoms with E-state index < -0.39 is 0 Å². The van der Waals surface area contributed by atoms with Crippen molar-refractivity contribution in [1.82, 2.24) is 0 Å². The summed E-state index contributed by atoms with van der Waals surface area (Å²) in [5.74, 6) is 0. The van der Waals surface area contributed by atoms with Gasteiger partial charge in [0.2, 0.25) is 0 Å². The molecule has 10 rings (SSSR count). The molecular weight excluding hydrogens is 615 g/mol. The van der Waals surface area contributed by atoms with Crippen molar-refractivity contribution in [2.45, 2.75) is 0 Å². The second-order valence-corrected chi connectivity index (χ2v) is 13.5. The van der Waals surface area contributed by atoms with Crippen molar-refractivity contribution in [3.05, 3.63) is 176 Å². The lowest BCUT2D eigenvalue weighted by atomic mass is 10.00. The zero-order chi connectivity index (χ0) is 32.3. The molecule has 0 aliphatic rings. The number of hydrogen-bond donors (Lipinski definition) is 0. The molecule has 3 heteroatoms. The second kappa shape index (κ2) is 11.2. The van der Waals surface area contributed by atoms with Gasteiger partial charge in [0.25, 0.3) is 0 Å². The minimum absolute atomic E-state index is 0.874. The van der Waals surface area contributed by atoms with Crippen molar-refractivity contribution >= 4 is 81.3 Å². The number of fused-ring (bicyclic) bond motifs is 8. The van der Waals surface area contributed by atoms with E-state index in [1.807, 2.05) is 11.3 Å². The smallest absolute Gasteiger partial charge is 0.143 e. The van der Waals surface area contributed by atoms with Gasteiger partial charge in [-0.3, -0.25) is 0 Å². The van der Waals surface area contributed by atoms with E-state index in [-0.39, 0.29) is 0 Å². The Morgan fingerprint density at radius 3 is 2.00 bits per heavy atom. The summed E-state index contributed by atoms with van der Waals surface area (Å²) in [6.45, 7) is 0. The number of hydrogen-bond acceptors (Lipinski definition) is 3. The number of benzene rings is 8. The first-order valence-corrected chi connectivity index (χ1v) is 17.4. The number of anilines is 3. The summed E-state index contributed by atoms with van der Waals surface area (Å²) in [5.41, 5.74) is 9.84. The molecule has 0 N–H and O–H groups in total. The van der Waals surface area contributed by atoms with Crippen LogP contribution in [0.25, 0.3) is 75.1 Å². The molecule has 230 valence electrons. The lowest BCUT2D eigenvalue weighted by molar-refractivity contribution is 0.672. The number of thiophene rings is 1. The van der Waals surface area contributed by atoms with Gasteiger partial charge in [0, 0.05) is 59.3 Å². The molecule has 0 atom stereocenters. The fraction of sp³-hybridized carbons (Fsp3) is 0. The third-order valence-corrected chi connectivity index (χ3v) is 10.9. The van der Waals surface area contributed by atoms with Gasteiger partial charge in [-0.25, -0.2) is 0 Å². The third-order valence-electron chi connectivity index (χ3n) is 9.68. The molecule has 49 heavy (non-hydrogen) atoms. The summed E-state index contributed by atoms with van der Waals surface area (Å²) in [5, 5.41) is 7.20. The Hall–Kier alpha value is -6.16. The molecule has 0 bridgehead atoms. The zero-order valence-electron chi connectivity index (χ0n) is 26.5. The molecule has 0 saturated heterocycles. The number of nitrogens with zero attached hydrogens (tertiary/aromatic N) is 1. The van der Waals surface area contributed by atoms with Gasteiger partial charge in [0.05, 0.1) is 5.69 Å². The highest BCUT2D eigenvalue weighted by molar-refractivity contribution is 7.26. The predicted octanol–water partition coefficient (Wildman–Crippen LogP) is 13.9. The van der Waals surface area contributed by atoms with Crippen molar-refractivity contribution in [3.8, 4) is 22.3 Å². The molecule has 8 aromatic carbocycles. The molecule has 0 saturated carbocycles. The molecule has 0 unspecified atom stereocenters. The molecule has 0 spiro atoms. The summed E-state index contributed by atoms with van der Waals surface area (Å²) in [4.78, 5) is 2.36. The van der Waals surface area contributed by atoms with Gasteiger partial charge in [-0.05, 0) is 64.5 Å². The number of rotatable bonds is 5. The largest absolute Gasteiger partial charge is 0.455 e. The first-order valence-electron chi connectivity index (χ1n) is 16.6. The van der Waals surface area contributed by atoms with E-state index in [0.29, 0.717) is 0 Å². The normalized spacial score (nSPS) is 11.7. The standard InChI is InChI=1S/C46H29NOS/c1-2-11-30(12-3-1)35-14-6-8-19-42(35)47(34-26-28-38-40-27-23-31-13-4-5-15-36(31)45(40)48-43(38)29-34)33-24-21-32(22-25-33)37-17-10-18-41-39-16-7-9-20-44(39)49-46(37)41/h1-29H. The first-order chi connectivity index (χ1) is 24.3. The first kappa shape index (κ1) is 27.9. The minimum Gasteiger partial charge on any atom is -0.455 e. The molecule has 2 aromatic heterocycles. The van der Waals surface area contributed by atoms with Crippen molar-refractivity contribution in [3.63, 3.8) is 0 Å². The molecule has 0 aliphatic heterocycles. The van der Waals surface area contributed by atoms with Gasteiger partial charge in [-0.2, -0.15) is 0 Å². The third kappa shape index (κ3) is 4.55. The maximum Gasteiger partial charge on any atom is 0.143 e. The van der Waals surface area contributed by atoms with Gasteiger partial charge < -0.3 is 9.32 Å². The summed E-state index contributed by atoms with van der Waals surface area (Å²) < 4.78 is 9.30. The maximum absolute atomic E-state index is 6.66. The van der Waals surface area contributed by atoms with Crippen LogP contribution >= 0.6 is 11.3 Å². The van der Waals surface area contributed by atoms with Crippen LogP contribution in [0.5, 0.6) is 0 Å². The van der Waals surface area contributed by atoms with Crippen LogP contribution in [-0.2, 0) is 0 Å². The monoisotopic (exact) mass is 643 g/mol. The average molecular weight is 644 g/mol. The Morgan fingerprint density at radius 2 is 1.10 bits per heavy atom. The highest BCUT2D eigenvalue weighted by atomic mass is 32.1. The quantitative estimate of drug-likeness (QED) is 0.186. The van der Waals surface area contributed by atoms with Gasteiger partial charge in [0.15, 0.2) is 0 Å². The Labute approximate surface area is 287 Å². The fourth-order valence-electron chi connectivity index (χ4n) is 7.35. The average Bonchev–Trinajstić information content (AvgIpc) is 3.74. The Bertz CT molecular complexity index is 2830. The van der Waals surface area contributed by atoms with E-state index in [0.717, 1.165) is 50.0 Å². The van der Waals surface area contributed by atoms with E-state index >= 15 is 0 Å². The molecule has 0 aliphatic carbocycles. The van der Waals surface area contributed by atoms with E-state index in [1.165, 1.54) is 42.2 Å². The van der Waals surface area contributed by atoms with Gasteiger partial charge >= 0.3 is 0 Å². The minimum atomic E-state index is 0.874. The van der Waals surface area contributed by atoms with E-state index in [2.05, 4.69) is 181 Å². The highest BCUT2D eigenvalue weighted by Crippen LogP contribution is 2.45. The molecule has 0 radical (unpaired) electrons. The van der Waals surface area contributed by atoms with E-state index in [1.54, 1.807) is 0 Å². The van der Waals surface area contributed by atoms with Crippen LogP contribution in [0.4, 0.5) is 17.1 Å². The fourth-order valence-corrected chi connectivity index (χ4v) is 8.59. The van der Waals surface area contributed by atoms with Gasteiger partial charge in [0.1, 0.15) is 11.2 Å². The Balaban J connectivity index is 1.15. The van der Waals surface area contributed by atoms with Crippen molar-refractivity contribution in [1.29, 1.82) is 0 Å². The van der Waals surface area contributed by atoms with Crippen LogP contribution in [0.2, 0.25) is 0 Å². The van der Waals surface area contributed by atoms with Crippen LogP contribution in [0.15, 0.2) is 180 Å². The summed E-state index contributed by atoms with van der Waals surface area (Å²) >= 11 is 1.87. The molecule has 2 heterocycles. The summed E-state index contributed by atoms with van der Waals surface area (Å²) in [6, 6.07) is 63.1. The van der Waals surface area contributed by atoms with Crippen LogP contribution in [0, 0.1) is 0 Å². The number of para-hydroxylation sites is 1. The van der Waals surface area contributed by atoms with Crippen LogP contribution in [-0.4, -0.2) is 0 Å². The van der Waals surface area contributed by atoms with Crippen molar-refractivity contribution in [2.24, 2.45) is 0 Å². The maximum atomic E-state index is 6.66. The predicted molar refractivity (Wildman–Crippen MR) is 210 cm³/mol. The Morgan fingerprint density at radius 1 is 0.429 bits per heavy atom. The lowest BCUT2D eigenvalue weighted by Gasteiger charge is -2.28. The van der Waals surface area contributed by atoms with Gasteiger partial charge in [-0.1, -0.05) is 127 Å². The molecule has 10 aromatic rings. The molecule has 0 fully saturated rings. The van der Waals surface area contributed by atoms with Gasteiger partial charge in [-0.15, -0.1) is 11.3 Å². The van der Waals surface area contributed by atoms with Crippen LogP contribution < -0.4 is 4.90 Å². The molecular formula is C46H29NOS. The number of furan rings is 1. The molecule has 0 amide bonds. The van der Waals surface area contributed by atoms with Crippen molar-refractivity contribution < 1.29 is 4.42 Å². The lowest BCUT2D eigenvalue weighted by Crippen LogP contribution is -2.11. The molecule has 2 nitrogen and oxygen atoms in total. The van der Waals surface area contributed by atoms with Crippen LogP contribution in [0.1, 0.15) is 0 Å². The van der Waals surface area contributed by atoms with Crippen LogP contribution in [0.3, 0.4) is 0 Å². The van der Waals surface area contributed by atoms with E-state index in [4.69, 9.17) is 4.42 Å². The summed E-state index contributed by atoms with van der Waals surface area (Å²) in [6.07, 6.45) is 0. The Kier molecular flexibility index (Phi) is 6.39.